The number of carbonyl (C=O) groups is 1. The molecule has 132 valence electrons. The zero-order valence-corrected chi connectivity index (χ0v) is 15.3. The van der Waals surface area contributed by atoms with E-state index in [9.17, 15) is 4.79 Å². The second-order valence-corrected chi connectivity index (χ2v) is 7.65. The number of amides is 1. The fraction of sp³-hybridized carbons (Fsp3) is 0.941. The second-order valence-electron chi connectivity index (χ2n) is 7.65. The van der Waals surface area contributed by atoms with Gasteiger partial charge in [-0.15, -0.1) is 0 Å². The zero-order chi connectivity index (χ0) is 17.1. The maximum absolute atomic E-state index is 11.6. The van der Waals surface area contributed by atoms with Crippen LogP contribution in [0.15, 0.2) is 0 Å². The topological polar surface area (TPSA) is 56.8 Å². The largest absolute Gasteiger partial charge is 0.379 e. The van der Waals surface area contributed by atoms with Crippen molar-refractivity contribution in [2.24, 2.45) is 10.8 Å². The van der Waals surface area contributed by atoms with Crippen LogP contribution in [0.2, 0.25) is 0 Å². The maximum atomic E-state index is 11.6. The monoisotopic (exact) mass is 317 g/mol. The predicted octanol–water partition coefficient (Wildman–Crippen LogP) is 2.63. The van der Waals surface area contributed by atoms with Crippen molar-refractivity contribution in [3.63, 3.8) is 0 Å². The van der Waals surface area contributed by atoms with Crippen LogP contribution >= 0.6 is 0 Å². The van der Waals surface area contributed by atoms with Crippen LogP contribution < -0.4 is 5.32 Å². The lowest BCUT2D eigenvalue weighted by Gasteiger charge is -2.17. The lowest BCUT2D eigenvalue weighted by Crippen LogP contribution is -2.36. The van der Waals surface area contributed by atoms with Crippen molar-refractivity contribution in [1.29, 1.82) is 0 Å². The van der Waals surface area contributed by atoms with Gasteiger partial charge in [0.2, 0.25) is 5.91 Å². The summed E-state index contributed by atoms with van der Waals surface area (Å²) >= 11 is 0. The Labute approximate surface area is 136 Å². The van der Waals surface area contributed by atoms with Crippen molar-refractivity contribution in [3.8, 4) is 0 Å². The van der Waals surface area contributed by atoms with Gasteiger partial charge >= 0.3 is 0 Å². The number of hydrogen-bond acceptors (Lipinski definition) is 4. The first-order chi connectivity index (χ1) is 10.1. The van der Waals surface area contributed by atoms with Gasteiger partial charge in [-0.3, -0.25) is 4.79 Å². The van der Waals surface area contributed by atoms with Crippen molar-refractivity contribution in [1.82, 2.24) is 5.32 Å². The molecular formula is C17H35NO4. The summed E-state index contributed by atoms with van der Waals surface area (Å²) in [6.45, 7) is 16.4. The normalized spacial score (nSPS) is 12.5. The average molecular weight is 317 g/mol. The van der Waals surface area contributed by atoms with E-state index in [1.54, 1.807) is 0 Å². The first-order valence-electron chi connectivity index (χ1n) is 8.14. The highest BCUT2D eigenvalue weighted by Crippen LogP contribution is 2.17. The average Bonchev–Trinajstić information content (AvgIpc) is 2.37. The predicted molar refractivity (Wildman–Crippen MR) is 89.0 cm³/mol. The summed E-state index contributed by atoms with van der Waals surface area (Å²) in [5, 5.41) is 2.84. The Bertz CT molecular complexity index is 292. The van der Waals surface area contributed by atoms with Crippen molar-refractivity contribution >= 4 is 5.91 Å². The molecule has 0 aliphatic carbocycles. The smallest absolute Gasteiger partial charge is 0.225 e. The Morgan fingerprint density at radius 2 is 1.23 bits per heavy atom. The Hall–Kier alpha value is -0.650. The van der Waals surface area contributed by atoms with E-state index in [4.69, 9.17) is 14.2 Å². The molecular weight excluding hydrogens is 282 g/mol. The van der Waals surface area contributed by atoms with E-state index in [2.05, 4.69) is 26.1 Å². The fourth-order valence-corrected chi connectivity index (χ4v) is 1.42. The quantitative estimate of drug-likeness (QED) is 0.595. The summed E-state index contributed by atoms with van der Waals surface area (Å²) in [5.41, 5.74) is -0.0345. The molecule has 0 unspecified atom stereocenters. The van der Waals surface area contributed by atoms with E-state index in [-0.39, 0.29) is 11.3 Å². The van der Waals surface area contributed by atoms with Crippen LogP contribution in [0.4, 0.5) is 0 Å². The molecule has 0 aromatic rings. The third-order valence-corrected chi connectivity index (χ3v) is 2.95. The van der Waals surface area contributed by atoms with Crippen LogP contribution in [0.25, 0.3) is 0 Å². The minimum Gasteiger partial charge on any atom is -0.379 e. The Morgan fingerprint density at radius 3 is 1.68 bits per heavy atom. The summed E-state index contributed by atoms with van der Waals surface area (Å²) in [5.74, 6) is 0.0414. The lowest BCUT2D eigenvalue weighted by molar-refractivity contribution is -0.128. The zero-order valence-electron chi connectivity index (χ0n) is 15.3. The lowest BCUT2D eigenvalue weighted by atomic mass is 9.93. The Morgan fingerprint density at radius 1 is 0.773 bits per heavy atom. The van der Waals surface area contributed by atoms with Gasteiger partial charge in [0.05, 0.1) is 33.0 Å². The van der Waals surface area contributed by atoms with Crippen LogP contribution in [0.1, 0.15) is 48.0 Å². The van der Waals surface area contributed by atoms with Gasteiger partial charge in [0.15, 0.2) is 0 Å². The molecule has 0 radical (unpaired) electrons. The van der Waals surface area contributed by atoms with Gasteiger partial charge in [0.25, 0.3) is 0 Å². The van der Waals surface area contributed by atoms with Gasteiger partial charge in [-0.2, -0.15) is 0 Å². The van der Waals surface area contributed by atoms with Crippen molar-refractivity contribution in [3.05, 3.63) is 0 Å². The Balaban J connectivity index is 3.23. The Kier molecular flexibility index (Phi) is 10.6. The highest BCUT2D eigenvalue weighted by Gasteiger charge is 2.20. The van der Waals surface area contributed by atoms with E-state index in [0.717, 1.165) is 13.0 Å². The third kappa shape index (κ3) is 14.3. The molecule has 0 rings (SSSR count). The van der Waals surface area contributed by atoms with E-state index in [1.165, 1.54) is 0 Å². The number of ether oxygens (including phenoxy) is 3. The first kappa shape index (κ1) is 21.4. The minimum absolute atomic E-state index is 0.0414. The molecule has 1 N–H and O–H groups in total. The fourth-order valence-electron chi connectivity index (χ4n) is 1.42. The van der Waals surface area contributed by atoms with E-state index in [1.807, 2.05) is 20.8 Å². The molecule has 0 aliphatic rings. The number of nitrogens with one attached hydrogen (secondary N) is 1. The summed E-state index contributed by atoms with van der Waals surface area (Å²) in [6, 6.07) is 0. The number of rotatable bonds is 11. The van der Waals surface area contributed by atoms with Gasteiger partial charge in [0.1, 0.15) is 0 Å². The van der Waals surface area contributed by atoms with E-state index in [0.29, 0.717) is 45.0 Å². The third-order valence-electron chi connectivity index (χ3n) is 2.95. The molecule has 5 heteroatoms. The summed E-state index contributed by atoms with van der Waals surface area (Å²) in [7, 11) is 0. The van der Waals surface area contributed by atoms with E-state index < -0.39 is 0 Å². The molecule has 0 spiro atoms. The second kappa shape index (κ2) is 11.0. The van der Waals surface area contributed by atoms with Gasteiger partial charge in [-0.25, -0.2) is 0 Å². The highest BCUT2D eigenvalue weighted by atomic mass is 16.5. The van der Waals surface area contributed by atoms with Crippen LogP contribution in [0.5, 0.6) is 0 Å². The summed E-state index contributed by atoms with van der Waals surface area (Å²) in [4.78, 5) is 11.6. The van der Waals surface area contributed by atoms with Gasteiger partial charge in [-0.05, 0) is 11.8 Å². The van der Waals surface area contributed by atoms with Crippen molar-refractivity contribution in [2.45, 2.75) is 48.0 Å². The molecule has 22 heavy (non-hydrogen) atoms. The summed E-state index contributed by atoms with van der Waals surface area (Å²) in [6.07, 6.45) is 1.05. The molecule has 5 nitrogen and oxygen atoms in total. The molecule has 0 atom stereocenters. The van der Waals surface area contributed by atoms with Crippen molar-refractivity contribution in [2.75, 3.05) is 46.2 Å². The number of hydrogen-bond donors (Lipinski definition) is 1. The standard InChI is InChI=1S/C17H35NO4/c1-16(2,3)7-9-20-11-13-22-14-12-21-10-8-18-15(19)17(4,5)6/h7-14H2,1-6H3,(H,18,19). The maximum Gasteiger partial charge on any atom is 0.225 e. The summed E-state index contributed by atoms with van der Waals surface area (Å²) < 4.78 is 16.3. The molecule has 1 amide bonds. The molecule has 0 aliphatic heterocycles. The molecule has 0 aromatic heterocycles. The minimum atomic E-state index is -0.351. The van der Waals surface area contributed by atoms with Crippen LogP contribution in [-0.2, 0) is 19.0 Å². The van der Waals surface area contributed by atoms with Gasteiger partial charge in [0, 0.05) is 18.6 Å². The molecule has 0 saturated heterocycles. The molecule has 0 heterocycles. The molecule has 0 aromatic carbocycles. The molecule has 0 saturated carbocycles. The van der Waals surface area contributed by atoms with Gasteiger partial charge in [-0.1, -0.05) is 41.5 Å². The SMILES string of the molecule is CC(C)(C)CCOCCOCCOCCNC(=O)C(C)(C)C. The van der Waals surface area contributed by atoms with Crippen molar-refractivity contribution < 1.29 is 19.0 Å². The number of carbonyl (C=O) groups excluding carboxylic acids is 1. The first-order valence-corrected chi connectivity index (χ1v) is 8.14. The van der Waals surface area contributed by atoms with E-state index >= 15 is 0 Å². The van der Waals surface area contributed by atoms with Gasteiger partial charge < -0.3 is 19.5 Å². The molecule has 0 fully saturated rings. The van der Waals surface area contributed by atoms with Crippen LogP contribution in [-0.4, -0.2) is 52.1 Å². The molecule has 0 bridgehead atoms. The highest BCUT2D eigenvalue weighted by molar-refractivity contribution is 5.81. The van der Waals surface area contributed by atoms with Crippen LogP contribution in [0, 0.1) is 10.8 Å². The van der Waals surface area contributed by atoms with Crippen LogP contribution in [0.3, 0.4) is 0 Å².